The summed E-state index contributed by atoms with van der Waals surface area (Å²) in [5.41, 5.74) is 2.44. The molecule has 2 rings (SSSR count). The van der Waals surface area contributed by atoms with Gasteiger partial charge in [-0.3, -0.25) is 4.79 Å². The molecule has 2 atom stereocenters. The molecule has 1 saturated heterocycles. The smallest absolute Gasteiger partial charge is 0.220 e. The zero-order chi connectivity index (χ0) is 13.7. The van der Waals surface area contributed by atoms with Gasteiger partial charge < -0.3 is 10.6 Å². The molecule has 0 radical (unpaired) electrons. The summed E-state index contributed by atoms with van der Waals surface area (Å²) in [5, 5.41) is 6.47. The van der Waals surface area contributed by atoms with Gasteiger partial charge >= 0.3 is 0 Å². The lowest BCUT2D eigenvalue weighted by atomic mass is 9.95. The van der Waals surface area contributed by atoms with Crippen LogP contribution in [0.15, 0.2) is 24.3 Å². The molecule has 0 aromatic heterocycles. The van der Waals surface area contributed by atoms with Crippen LogP contribution in [0, 0.1) is 12.8 Å². The highest BCUT2D eigenvalue weighted by molar-refractivity contribution is 5.76. The number of hydrogen-bond donors (Lipinski definition) is 2. The predicted molar refractivity (Wildman–Crippen MR) is 77.9 cm³/mol. The van der Waals surface area contributed by atoms with E-state index >= 15 is 0 Å². The van der Waals surface area contributed by atoms with Gasteiger partial charge in [0.1, 0.15) is 0 Å². The lowest BCUT2D eigenvalue weighted by molar-refractivity contribution is -0.122. The minimum absolute atomic E-state index is 0.0882. The first-order valence-electron chi connectivity index (χ1n) is 7.22. The molecule has 1 amide bonds. The van der Waals surface area contributed by atoms with Gasteiger partial charge in [-0.05, 0) is 56.8 Å². The van der Waals surface area contributed by atoms with E-state index in [1.54, 1.807) is 0 Å². The predicted octanol–water partition coefficient (Wildman–Crippen LogP) is 2.56. The molecular formula is C16H24N2O. The van der Waals surface area contributed by atoms with E-state index < -0.39 is 0 Å². The average Bonchev–Trinajstić information content (AvgIpc) is 2.40. The number of carbonyl (C=O) groups excluding carboxylic acids is 1. The van der Waals surface area contributed by atoms with E-state index in [0.717, 1.165) is 13.1 Å². The number of benzene rings is 1. The second-order valence-electron chi connectivity index (χ2n) is 5.56. The Hall–Kier alpha value is -1.35. The number of piperidine rings is 1. The van der Waals surface area contributed by atoms with E-state index in [0.29, 0.717) is 12.3 Å². The quantitative estimate of drug-likeness (QED) is 0.873. The molecule has 2 N–H and O–H groups in total. The molecule has 3 heteroatoms. The Bertz CT molecular complexity index is 425. The van der Waals surface area contributed by atoms with Crippen molar-refractivity contribution in [3.05, 3.63) is 35.4 Å². The summed E-state index contributed by atoms with van der Waals surface area (Å²) in [7, 11) is 0. The van der Waals surface area contributed by atoms with Gasteiger partial charge in [0.2, 0.25) is 5.91 Å². The van der Waals surface area contributed by atoms with Crippen LogP contribution in [-0.2, 0) is 4.79 Å². The third-order valence-electron chi connectivity index (χ3n) is 3.91. The summed E-state index contributed by atoms with van der Waals surface area (Å²) >= 11 is 0. The molecule has 1 heterocycles. The maximum absolute atomic E-state index is 12.1. The summed E-state index contributed by atoms with van der Waals surface area (Å²) in [6.45, 7) is 6.21. The molecular weight excluding hydrogens is 236 g/mol. The van der Waals surface area contributed by atoms with E-state index in [2.05, 4.69) is 36.6 Å². The number of rotatable bonds is 4. The van der Waals surface area contributed by atoms with Gasteiger partial charge in [0, 0.05) is 6.42 Å². The molecule has 0 bridgehead atoms. The van der Waals surface area contributed by atoms with Crippen molar-refractivity contribution in [2.75, 3.05) is 13.1 Å². The van der Waals surface area contributed by atoms with Crippen LogP contribution in [0.3, 0.4) is 0 Å². The van der Waals surface area contributed by atoms with Crippen molar-refractivity contribution < 1.29 is 4.79 Å². The standard InChI is InChI=1S/C16H24N2O/c1-12-6-3-4-8-15(12)13(2)18-16(19)10-14-7-5-9-17-11-14/h3-4,6,8,13-14,17H,5,7,9-11H2,1-2H3,(H,18,19)/t13-,14?/m0/s1. The van der Waals surface area contributed by atoms with Crippen LogP contribution in [0.1, 0.15) is 43.4 Å². The Labute approximate surface area is 115 Å². The fraction of sp³-hybridized carbons (Fsp3) is 0.562. The molecule has 104 valence electrons. The number of carbonyl (C=O) groups is 1. The third kappa shape index (κ3) is 4.06. The number of aryl methyl sites for hydroxylation is 1. The SMILES string of the molecule is Cc1ccccc1[C@H](C)NC(=O)CC1CCCNC1. The summed E-state index contributed by atoms with van der Waals surface area (Å²) < 4.78 is 0. The maximum Gasteiger partial charge on any atom is 0.220 e. The highest BCUT2D eigenvalue weighted by Crippen LogP contribution is 2.18. The van der Waals surface area contributed by atoms with Gasteiger partial charge in [0.25, 0.3) is 0 Å². The maximum atomic E-state index is 12.1. The van der Waals surface area contributed by atoms with Gasteiger partial charge in [0.15, 0.2) is 0 Å². The van der Waals surface area contributed by atoms with Crippen molar-refractivity contribution in [1.29, 1.82) is 0 Å². The van der Waals surface area contributed by atoms with Gasteiger partial charge in [-0.2, -0.15) is 0 Å². The second kappa shape index (κ2) is 6.71. The monoisotopic (exact) mass is 260 g/mol. The largest absolute Gasteiger partial charge is 0.350 e. The second-order valence-corrected chi connectivity index (χ2v) is 5.56. The average molecular weight is 260 g/mol. The van der Waals surface area contributed by atoms with Crippen LogP contribution >= 0.6 is 0 Å². The minimum atomic E-state index is 0.0882. The fourth-order valence-electron chi connectivity index (χ4n) is 2.81. The molecule has 1 aliphatic rings. The van der Waals surface area contributed by atoms with Crippen molar-refractivity contribution >= 4 is 5.91 Å². The molecule has 3 nitrogen and oxygen atoms in total. The molecule has 0 saturated carbocycles. The molecule has 0 spiro atoms. The highest BCUT2D eigenvalue weighted by Gasteiger charge is 2.18. The van der Waals surface area contributed by atoms with Gasteiger partial charge in [-0.1, -0.05) is 24.3 Å². The Balaban J connectivity index is 1.86. The Morgan fingerprint density at radius 3 is 2.95 bits per heavy atom. The summed E-state index contributed by atoms with van der Waals surface area (Å²) in [6, 6.07) is 8.31. The zero-order valence-electron chi connectivity index (χ0n) is 11.9. The van der Waals surface area contributed by atoms with Crippen molar-refractivity contribution in [3.8, 4) is 0 Å². The Morgan fingerprint density at radius 2 is 2.26 bits per heavy atom. The van der Waals surface area contributed by atoms with Crippen LogP contribution in [0.4, 0.5) is 0 Å². The fourth-order valence-corrected chi connectivity index (χ4v) is 2.81. The van der Waals surface area contributed by atoms with E-state index in [4.69, 9.17) is 0 Å². The van der Waals surface area contributed by atoms with Gasteiger partial charge in [0.05, 0.1) is 6.04 Å². The van der Waals surface area contributed by atoms with E-state index in [1.807, 2.05) is 12.1 Å². The number of nitrogens with one attached hydrogen (secondary N) is 2. The Morgan fingerprint density at radius 1 is 1.47 bits per heavy atom. The van der Waals surface area contributed by atoms with Crippen molar-refractivity contribution in [1.82, 2.24) is 10.6 Å². The highest BCUT2D eigenvalue weighted by atomic mass is 16.1. The van der Waals surface area contributed by atoms with E-state index in [-0.39, 0.29) is 11.9 Å². The Kier molecular flexibility index (Phi) is 4.97. The first-order chi connectivity index (χ1) is 9.16. The normalized spacial score (nSPS) is 20.8. The number of amides is 1. The first-order valence-corrected chi connectivity index (χ1v) is 7.22. The van der Waals surface area contributed by atoms with Gasteiger partial charge in [-0.15, -0.1) is 0 Å². The summed E-state index contributed by atoms with van der Waals surface area (Å²) in [4.78, 5) is 12.1. The number of hydrogen-bond acceptors (Lipinski definition) is 2. The molecule has 1 fully saturated rings. The summed E-state index contributed by atoms with van der Waals surface area (Å²) in [5.74, 6) is 0.669. The minimum Gasteiger partial charge on any atom is -0.350 e. The molecule has 1 aromatic rings. The summed E-state index contributed by atoms with van der Waals surface area (Å²) in [6.07, 6.45) is 2.99. The molecule has 1 aromatic carbocycles. The van der Waals surface area contributed by atoms with Crippen molar-refractivity contribution in [2.45, 2.75) is 39.2 Å². The van der Waals surface area contributed by atoms with Crippen LogP contribution in [0.2, 0.25) is 0 Å². The molecule has 0 aliphatic carbocycles. The third-order valence-corrected chi connectivity index (χ3v) is 3.91. The van der Waals surface area contributed by atoms with Crippen molar-refractivity contribution in [2.24, 2.45) is 5.92 Å². The van der Waals surface area contributed by atoms with Crippen LogP contribution in [-0.4, -0.2) is 19.0 Å². The van der Waals surface area contributed by atoms with E-state index in [9.17, 15) is 4.79 Å². The lowest BCUT2D eigenvalue weighted by Gasteiger charge is -2.23. The molecule has 1 aliphatic heterocycles. The molecule has 19 heavy (non-hydrogen) atoms. The van der Waals surface area contributed by atoms with Crippen LogP contribution < -0.4 is 10.6 Å². The topological polar surface area (TPSA) is 41.1 Å². The molecule has 1 unspecified atom stereocenters. The van der Waals surface area contributed by atoms with Crippen LogP contribution in [0.5, 0.6) is 0 Å². The van der Waals surface area contributed by atoms with Crippen LogP contribution in [0.25, 0.3) is 0 Å². The van der Waals surface area contributed by atoms with Gasteiger partial charge in [-0.25, -0.2) is 0 Å². The van der Waals surface area contributed by atoms with E-state index in [1.165, 1.54) is 24.0 Å². The van der Waals surface area contributed by atoms with Crippen molar-refractivity contribution in [3.63, 3.8) is 0 Å². The lowest BCUT2D eigenvalue weighted by Crippen LogP contribution is -2.35. The first kappa shape index (κ1) is 14.1. The zero-order valence-corrected chi connectivity index (χ0v) is 11.9.